The first-order chi connectivity index (χ1) is 11.7. The minimum Gasteiger partial charge on any atom is -0.127 e. The number of rotatable bonds is 17. The van der Waals surface area contributed by atoms with E-state index >= 15 is 0 Å². The van der Waals surface area contributed by atoms with Crippen molar-refractivity contribution >= 4 is 11.6 Å². The molecular formula is C23H49Cl. The lowest BCUT2D eigenvalue weighted by Crippen LogP contribution is -1.95. The van der Waals surface area contributed by atoms with Gasteiger partial charge in [0.2, 0.25) is 0 Å². The molecule has 0 amide bonds. The molecule has 0 aliphatic carbocycles. The number of alkyl halides is 1. The van der Waals surface area contributed by atoms with Crippen molar-refractivity contribution in [1.29, 1.82) is 0 Å². The summed E-state index contributed by atoms with van der Waals surface area (Å²) in [7, 11) is 0. The van der Waals surface area contributed by atoms with E-state index in [9.17, 15) is 0 Å². The van der Waals surface area contributed by atoms with Crippen molar-refractivity contribution in [1.82, 2.24) is 0 Å². The Morgan fingerprint density at radius 3 is 1.17 bits per heavy atom. The van der Waals surface area contributed by atoms with Crippen molar-refractivity contribution in [2.24, 2.45) is 5.92 Å². The molecule has 0 N–H and O–H groups in total. The van der Waals surface area contributed by atoms with E-state index in [1.165, 1.54) is 109 Å². The predicted octanol–water partition coefficient (Wildman–Crippen LogP) is 9.54. The standard InChI is InChI=1S/C18H38.C5H11Cl/c1-4-6-8-10-11-13-15-17-18(3)16-14-12-9-7-5-2;1-2-3-4-5-6/h18H,4-17H2,1-3H3;2-5H2,1H3. The maximum absolute atomic E-state index is 5.38. The molecule has 0 aliphatic heterocycles. The normalized spacial score (nSPS) is 11.9. The summed E-state index contributed by atoms with van der Waals surface area (Å²) in [5.74, 6) is 1.80. The zero-order valence-electron chi connectivity index (χ0n) is 17.7. The molecule has 0 aromatic heterocycles. The van der Waals surface area contributed by atoms with E-state index in [4.69, 9.17) is 11.6 Å². The fraction of sp³-hybridized carbons (Fsp3) is 1.00. The van der Waals surface area contributed by atoms with Crippen LogP contribution in [0.2, 0.25) is 0 Å². The summed E-state index contributed by atoms with van der Waals surface area (Å²) in [5.41, 5.74) is 0. The zero-order chi connectivity index (χ0) is 18.3. The first kappa shape index (κ1) is 26.5. The van der Waals surface area contributed by atoms with Crippen LogP contribution in [-0.4, -0.2) is 5.88 Å². The molecule has 24 heavy (non-hydrogen) atoms. The van der Waals surface area contributed by atoms with Gasteiger partial charge in [-0.05, 0) is 12.3 Å². The highest BCUT2D eigenvalue weighted by atomic mass is 35.5. The van der Waals surface area contributed by atoms with Gasteiger partial charge in [-0.1, -0.05) is 130 Å². The Morgan fingerprint density at radius 2 is 0.833 bits per heavy atom. The van der Waals surface area contributed by atoms with Gasteiger partial charge in [0.1, 0.15) is 0 Å². The topological polar surface area (TPSA) is 0 Å². The van der Waals surface area contributed by atoms with Crippen LogP contribution in [0.15, 0.2) is 0 Å². The van der Waals surface area contributed by atoms with E-state index in [0.717, 1.165) is 11.8 Å². The molecule has 0 rings (SSSR count). The minimum absolute atomic E-state index is 0.827. The van der Waals surface area contributed by atoms with Gasteiger partial charge in [0.05, 0.1) is 0 Å². The molecule has 0 saturated heterocycles. The van der Waals surface area contributed by atoms with Gasteiger partial charge in [-0.15, -0.1) is 11.6 Å². The SMILES string of the molecule is CCCCCCCCCC(C)CCCCCCC.CCCCCCl. The molecule has 1 atom stereocenters. The van der Waals surface area contributed by atoms with Gasteiger partial charge in [0, 0.05) is 5.88 Å². The van der Waals surface area contributed by atoms with Gasteiger partial charge in [-0.3, -0.25) is 0 Å². The van der Waals surface area contributed by atoms with E-state index in [2.05, 4.69) is 27.7 Å². The largest absolute Gasteiger partial charge is 0.127 e. The maximum Gasteiger partial charge on any atom is 0.0223 e. The third kappa shape index (κ3) is 27.2. The molecule has 0 heterocycles. The third-order valence-corrected chi connectivity index (χ3v) is 5.11. The summed E-state index contributed by atoms with van der Waals surface area (Å²) < 4.78 is 0. The zero-order valence-corrected chi connectivity index (χ0v) is 18.4. The van der Waals surface area contributed by atoms with Crippen LogP contribution in [0.25, 0.3) is 0 Å². The van der Waals surface area contributed by atoms with Crippen LogP contribution < -0.4 is 0 Å². The molecule has 0 saturated carbocycles. The first-order valence-electron chi connectivity index (χ1n) is 11.3. The quantitative estimate of drug-likeness (QED) is 0.179. The molecule has 1 heteroatoms. The second-order valence-electron chi connectivity index (χ2n) is 7.61. The number of hydrogen-bond donors (Lipinski definition) is 0. The summed E-state index contributed by atoms with van der Waals surface area (Å²) in [6, 6.07) is 0. The lowest BCUT2D eigenvalue weighted by Gasteiger charge is -2.10. The molecule has 0 aromatic rings. The van der Waals surface area contributed by atoms with Crippen LogP contribution in [0.4, 0.5) is 0 Å². The number of halogens is 1. The summed E-state index contributed by atoms with van der Waals surface area (Å²) in [6.07, 6.45) is 24.0. The van der Waals surface area contributed by atoms with Crippen molar-refractivity contribution in [3.63, 3.8) is 0 Å². The fourth-order valence-corrected chi connectivity index (χ4v) is 3.22. The highest BCUT2D eigenvalue weighted by Crippen LogP contribution is 2.18. The number of hydrogen-bond acceptors (Lipinski definition) is 0. The van der Waals surface area contributed by atoms with Gasteiger partial charge >= 0.3 is 0 Å². The Bertz CT molecular complexity index is 186. The van der Waals surface area contributed by atoms with Crippen LogP contribution >= 0.6 is 11.6 Å². The van der Waals surface area contributed by atoms with Crippen molar-refractivity contribution in [2.45, 2.75) is 137 Å². The molecule has 0 fully saturated rings. The lowest BCUT2D eigenvalue weighted by molar-refractivity contribution is 0.432. The Hall–Kier alpha value is 0.290. The molecule has 0 bridgehead atoms. The average Bonchev–Trinajstić information content (AvgIpc) is 2.59. The average molecular weight is 361 g/mol. The van der Waals surface area contributed by atoms with Crippen LogP contribution in [0.1, 0.15) is 137 Å². The van der Waals surface area contributed by atoms with Crippen LogP contribution in [0, 0.1) is 5.92 Å². The molecular weight excluding hydrogens is 312 g/mol. The fourth-order valence-electron chi connectivity index (χ4n) is 3.04. The van der Waals surface area contributed by atoms with Crippen molar-refractivity contribution in [2.75, 3.05) is 5.88 Å². The molecule has 148 valence electrons. The predicted molar refractivity (Wildman–Crippen MR) is 115 cm³/mol. The smallest absolute Gasteiger partial charge is 0.0223 e. The second-order valence-corrected chi connectivity index (χ2v) is 7.99. The van der Waals surface area contributed by atoms with Crippen molar-refractivity contribution < 1.29 is 0 Å². The monoisotopic (exact) mass is 360 g/mol. The van der Waals surface area contributed by atoms with Crippen LogP contribution in [0.3, 0.4) is 0 Å². The highest BCUT2D eigenvalue weighted by Gasteiger charge is 2.01. The van der Waals surface area contributed by atoms with Gasteiger partial charge in [0.25, 0.3) is 0 Å². The van der Waals surface area contributed by atoms with E-state index in [0.29, 0.717) is 0 Å². The van der Waals surface area contributed by atoms with Gasteiger partial charge in [0.15, 0.2) is 0 Å². The molecule has 0 aliphatic rings. The minimum atomic E-state index is 0.827. The van der Waals surface area contributed by atoms with E-state index in [1.807, 2.05) is 0 Å². The van der Waals surface area contributed by atoms with Crippen molar-refractivity contribution in [3.05, 3.63) is 0 Å². The van der Waals surface area contributed by atoms with Crippen LogP contribution in [-0.2, 0) is 0 Å². The molecule has 0 radical (unpaired) electrons. The summed E-state index contributed by atoms with van der Waals surface area (Å²) in [4.78, 5) is 0. The molecule has 0 aromatic carbocycles. The Labute approximate surface area is 160 Å². The molecule has 0 spiro atoms. The van der Waals surface area contributed by atoms with Gasteiger partial charge < -0.3 is 0 Å². The Morgan fingerprint density at radius 1 is 0.500 bits per heavy atom. The first-order valence-corrected chi connectivity index (χ1v) is 11.8. The van der Waals surface area contributed by atoms with Gasteiger partial charge in [-0.25, -0.2) is 0 Å². The Balaban J connectivity index is 0. The Kier molecular flexibility index (Phi) is 28.2. The van der Waals surface area contributed by atoms with Crippen LogP contribution in [0.5, 0.6) is 0 Å². The summed E-state index contributed by atoms with van der Waals surface area (Å²) in [6.45, 7) is 9.22. The van der Waals surface area contributed by atoms with Gasteiger partial charge in [-0.2, -0.15) is 0 Å². The molecule has 1 unspecified atom stereocenters. The third-order valence-electron chi connectivity index (χ3n) is 4.84. The number of unbranched alkanes of at least 4 members (excludes halogenated alkanes) is 12. The highest BCUT2D eigenvalue weighted by molar-refractivity contribution is 6.17. The van der Waals surface area contributed by atoms with E-state index < -0.39 is 0 Å². The summed E-state index contributed by atoms with van der Waals surface area (Å²) in [5, 5.41) is 0. The van der Waals surface area contributed by atoms with Crippen molar-refractivity contribution in [3.8, 4) is 0 Å². The maximum atomic E-state index is 5.38. The van der Waals surface area contributed by atoms with E-state index in [1.54, 1.807) is 0 Å². The lowest BCUT2D eigenvalue weighted by atomic mass is 9.96. The van der Waals surface area contributed by atoms with E-state index in [-0.39, 0.29) is 0 Å². The second kappa shape index (κ2) is 25.5. The summed E-state index contributed by atoms with van der Waals surface area (Å²) >= 11 is 5.38. The molecule has 0 nitrogen and oxygen atoms in total.